The number of nitrogens with two attached hydrogens (primary N) is 1. The van der Waals surface area contributed by atoms with Crippen molar-refractivity contribution in [3.8, 4) is 11.5 Å². The van der Waals surface area contributed by atoms with Gasteiger partial charge in [0.05, 0.1) is 17.5 Å². The SMILES string of the molecule is CN1C(=O)c2c(nc(N)nc2-c2ccco2)/C1=C/c1ccccc1F. The summed E-state index contributed by atoms with van der Waals surface area (Å²) in [5, 5.41) is 0. The van der Waals surface area contributed by atoms with E-state index in [1.165, 1.54) is 17.2 Å². The van der Waals surface area contributed by atoms with Crippen LogP contribution in [-0.4, -0.2) is 27.8 Å². The van der Waals surface area contributed by atoms with Gasteiger partial charge in [0.15, 0.2) is 5.76 Å². The Kier molecular flexibility index (Phi) is 3.35. The van der Waals surface area contributed by atoms with E-state index in [4.69, 9.17) is 10.2 Å². The molecule has 0 saturated carbocycles. The molecular weight excluding hydrogens is 323 g/mol. The molecular formula is C18H13FN4O2. The molecule has 0 unspecified atom stereocenters. The molecule has 0 saturated heterocycles. The van der Waals surface area contributed by atoms with Gasteiger partial charge >= 0.3 is 0 Å². The number of anilines is 1. The fourth-order valence-corrected chi connectivity index (χ4v) is 2.80. The molecule has 1 amide bonds. The average molecular weight is 336 g/mol. The summed E-state index contributed by atoms with van der Waals surface area (Å²) in [6.45, 7) is 0. The van der Waals surface area contributed by atoms with E-state index >= 15 is 0 Å². The number of halogens is 1. The van der Waals surface area contributed by atoms with Crippen molar-refractivity contribution in [3.05, 3.63) is 65.3 Å². The number of aromatic nitrogens is 2. The topological polar surface area (TPSA) is 85.2 Å². The molecule has 0 fully saturated rings. The highest BCUT2D eigenvalue weighted by Gasteiger charge is 2.36. The van der Waals surface area contributed by atoms with Gasteiger partial charge in [0, 0.05) is 12.6 Å². The molecule has 1 aliphatic rings. The van der Waals surface area contributed by atoms with E-state index in [-0.39, 0.29) is 17.4 Å². The quantitative estimate of drug-likeness (QED) is 0.777. The second kappa shape index (κ2) is 5.55. The van der Waals surface area contributed by atoms with Gasteiger partial charge in [-0.25, -0.2) is 14.4 Å². The molecule has 0 spiro atoms. The van der Waals surface area contributed by atoms with Gasteiger partial charge in [-0.2, -0.15) is 0 Å². The van der Waals surface area contributed by atoms with Crippen LogP contribution in [0.25, 0.3) is 23.2 Å². The zero-order valence-electron chi connectivity index (χ0n) is 13.2. The molecule has 25 heavy (non-hydrogen) atoms. The van der Waals surface area contributed by atoms with E-state index in [1.54, 1.807) is 43.5 Å². The molecule has 1 aliphatic heterocycles. The number of benzene rings is 1. The Morgan fingerprint density at radius 3 is 2.64 bits per heavy atom. The number of hydrogen-bond acceptors (Lipinski definition) is 5. The lowest BCUT2D eigenvalue weighted by molar-refractivity contribution is 0.0875. The van der Waals surface area contributed by atoms with Crippen LogP contribution in [0.1, 0.15) is 21.6 Å². The van der Waals surface area contributed by atoms with E-state index in [0.717, 1.165) is 0 Å². The van der Waals surface area contributed by atoms with Crippen molar-refractivity contribution in [2.24, 2.45) is 0 Å². The minimum absolute atomic E-state index is 0.00711. The third-order valence-corrected chi connectivity index (χ3v) is 4.00. The van der Waals surface area contributed by atoms with Crippen LogP contribution in [0.15, 0.2) is 47.1 Å². The summed E-state index contributed by atoms with van der Waals surface area (Å²) < 4.78 is 19.4. The highest BCUT2D eigenvalue weighted by molar-refractivity contribution is 6.13. The lowest BCUT2D eigenvalue weighted by Gasteiger charge is -2.10. The van der Waals surface area contributed by atoms with Crippen molar-refractivity contribution >= 4 is 23.6 Å². The number of furan rings is 1. The summed E-state index contributed by atoms with van der Waals surface area (Å²) in [4.78, 5) is 22.5. The molecule has 6 nitrogen and oxygen atoms in total. The molecule has 1 aromatic carbocycles. The van der Waals surface area contributed by atoms with Crippen LogP contribution in [0.3, 0.4) is 0 Å². The van der Waals surface area contributed by atoms with Crippen molar-refractivity contribution in [1.29, 1.82) is 0 Å². The second-order valence-electron chi connectivity index (χ2n) is 5.55. The molecule has 4 rings (SSSR count). The number of nitrogens with zero attached hydrogens (tertiary/aromatic N) is 3. The Balaban J connectivity index is 1.96. The minimum atomic E-state index is -0.391. The Morgan fingerprint density at radius 1 is 1.16 bits per heavy atom. The number of hydrogen-bond donors (Lipinski definition) is 1. The fraction of sp³-hybridized carbons (Fsp3) is 0.0556. The monoisotopic (exact) mass is 336 g/mol. The summed E-state index contributed by atoms with van der Waals surface area (Å²) in [5.41, 5.74) is 7.58. The number of nitrogen functional groups attached to an aromatic ring is 1. The molecule has 2 N–H and O–H groups in total. The Bertz CT molecular complexity index is 1010. The van der Waals surface area contributed by atoms with Crippen LogP contribution < -0.4 is 5.73 Å². The predicted octanol–water partition coefficient (Wildman–Crippen LogP) is 3.04. The van der Waals surface area contributed by atoms with Gasteiger partial charge in [-0.05, 0) is 24.3 Å². The summed E-state index contributed by atoms with van der Waals surface area (Å²) in [6, 6.07) is 9.68. The first-order chi connectivity index (χ1) is 12.1. The summed E-state index contributed by atoms with van der Waals surface area (Å²) >= 11 is 0. The van der Waals surface area contributed by atoms with Crippen LogP contribution in [0.5, 0.6) is 0 Å². The Morgan fingerprint density at radius 2 is 1.92 bits per heavy atom. The number of carbonyl (C=O) groups is 1. The van der Waals surface area contributed by atoms with Crippen LogP contribution in [0.4, 0.5) is 10.3 Å². The molecule has 7 heteroatoms. The van der Waals surface area contributed by atoms with Crippen molar-refractivity contribution in [3.63, 3.8) is 0 Å². The maximum absolute atomic E-state index is 14.0. The van der Waals surface area contributed by atoms with Crippen molar-refractivity contribution in [2.45, 2.75) is 0 Å². The van der Waals surface area contributed by atoms with Crippen LogP contribution in [-0.2, 0) is 0 Å². The highest BCUT2D eigenvalue weighted by Crippen LogP contribution is 2.37. The largest absolute Gasteiger partial charge is 0.463 e. The Labute approximate surface area is 142 Å². The second-order valence-corrected chi connectivity index (χ2v) is 5.55. The lowest BCUT2D eigenvalue weighted by Crippen LogP contribution is -2.17. The number of fused-ring (bicyclic) bond motifs is 1. The van der Waals surface area contributed by atoms with Gasteiger partial charge in [-0.1, -0.05) is 18.2 Å². The first kappa shape index (κ1) is 15.1. The van der Waals surface area contributed by atoms with Crippen molar-refractivity contribution in [2.75, 3.05) is 12.8 Å². The van der Waals surface area contributed by atoms with Gasteiger partial charge in [0.1, 0.15) is 17.2 Å². The standard InChI is InChI=1S/C18H13FN4O2/c1-23-12(9-10-5-2-3-6-11(10)19)15-14(17(23)24)16(22-18(20)21-15)13-7-4-8-25-13/h2-9H,1H3,(H2,20,21,22)/b12-9-. The molecule has 3 heterocycles. The summed E-state index contributed by atoms with van der Waals surface area (Å²) in [6.07, 6.45) is 3.05. The maximum atomic E-state index is 14.0. The van der Waals surface area contributed by atoms with Crippen LogP contribution >= 0.6 is 0 Å². The first-order valence-electron chi connectivity index (χ1n) is 7.52. The minimum Gasteiger partial charge on any atom is -0.463 e. The lowest BCUT2D eigenvalue weighted by atomic mass is 10.1. The average Bonchev–Trinajstić information content (AvgIpc) is 3.20. The van der Waals surface area contributed by atoms with Gasteiger partial charge in [0.2, 0.25) is 5.95 Å². The molecule has 0 aliphatic carbocycles. The van der Waals surface area contributed by atoms with Gasteiger partial charge in [-0.3, -0.25) is 4.79 Å². The molecule has 2 aromatic heterocycles. The molecule has 0 radical (unpaired) electrons. The highest BCUT2D eigenvalue weighted by atomic mass is 19.1. The van der Waals surface area contributed by atoms with Crippen LogP contribution in [0, 0.1) is 5.82 Å². The van der Waals surface area contributed by atoms with E-state index in [0.29, 0.717) is 28.4 Å². The number of amides is 1. The number of carbonyl (C=O) groups excluding carboxylic acids is 1. The molecule has 3 aromatic rings. The molecule has 124 valence electrons. The van der Waals surface area contributed by atoms with Gasteiger partial charge < -0.3 is 15.1 Å². The fourth-order valence-electron chi connectivity index (χ4n) is 2.80. The molecule has 0 bridgehead atoms. The maximum Gasteiger partial charge on any atom is 0.262 e. The third-order valence-electron chi connectivity index (χ3n) is 4.00. The van der Waals surface area contributed by atoms with Crippen molar-refractivity contribution < 1.29 is 13.6 Å². The van der Waals surface area contributed by atoms with Crippen LogP contribution in [0.2, 0.25) is 0 Å². The van der Waals surface area contributed by atoms with E-state index in [9.17, 15) is 9.18 Å². The smallest absolute Gasteiger partial charge is 0.262 e. The third kappa shape index (κ3) is 2.37. The summed E-state index contributed by atoms with van der Waals surface area (Å²) in [5.74, 6) is -0.270. The van der Waals surface area contributed by atoms with E-state index < -0.39 is 5.82 Å². The van der Waals surface area contributed by atoms with Crippen molar-refractivity contribution in [1.82, 2.24) is 14.9 Å². The van der Waals surface area contributed by atoms with E-state index in [1.807, 2.05) is 0 Å². The Hall–Kier alpha value is -3.48. The molecule has 0 atom stereocenters. The first-order valence-corrected chi connectivity index (χ1v) is 7.52. The van der Waals surface area contributed by atoms with E-state index in [2.05, 4.69) is 9.97 Å². The number of rotatable bonds is 2. The predicted molar refractivity (Wildman–Crippen MR) is 90.5 cm³/mol. The van der Waals surface area contributed by atoms with Gasteiger partial charge in [0.25, 0.3) is 5.91 Å². The zero-order valence-corrected chi connectivity index (χ0v) is 13.2. The zero-order chi connectivity index (χ0) is 17.6. The van der Waals surface area contributed by atoms with Gasteiger partial charge in [-0.15, -0.1) is 0 Å². The normalized spacial score (nSPS) is 15.0. The summed E-state index contributed by atoms with van der Waals surface area (Å²) in [7, 11) is 1.60.